The van der Waals surface area contributed by atoms with Crippen molar-refractivity contribution >= 4 is 23.2 Å². The number of aliphatic hydroxyl groups excluding tert-OH is 2. The van der Waals surface area contributed by atoms with Crippen LogP contribution in [0.2, 0.25) is 5.02 Å². The van der Waals surface area contributed by atoms with Crippen molar-refractivity contribution in [3.05, 3.63) is 23.2 Å². The summed E-state index contributed by atoms with van der Waals surface area (Å²) in [5.41, 5.74) is 1.19. The quantitative estimate of drug-likeness (QED) is 0.382. The summed E-state index contributed by atoms with van der Waals surface area (Å²) >= 11 is 6.21. The van der Waals surface area contributed by atoms with Gasteiger partial charge in [-0.1, -0.05) is 32.4 Å². The molecule has 6 heteroatoms. The molecule has 4 fully saturated rings. The van der Waals surface area contributed by atoms with Gasteiger partial charge in [-0.05, 0) is 122 Å². The van der Waals surface area contributed by atoms with Gasteiger partial charge in [0.05, 0.1) is 24.3 Å². The third kappa shape index (κ3) is 4.82. The summed E-state index contributed by atoms with van der Waals surface area (Å²) in [5.74, 6) is 3.65. The third-order valence-corrected chi connectivity index (χ3v) is 12.0. The van der Waals surface area contributed by atoms with E-state index in [1.165, 1.54) is 25.7 Å². The molecule has 5 nitrogen and oxygen atoms in total. The van der Waals surface area contributed by atoms with Crippen LogP contribution in [0, 0.1) is 46.3 Å². The van der Waals surface area contributed by atoms with Crippen LogP contribution in [0.4, 0.5) is 5.69 Å². The predicted molar refractivity (Wildman–Crippen MR) is 148 cm³/mol. The van der Waals surface area contributed by atoms with Crippen LogP contribution in [0.25, 0.3) is 0 Å². The van der Waals surface area contributed by atoms with Gasteiger partial charge in [-0.2, -0.15) is 0 Å². The molecular formula is C31H46ClNO4. The SMILES string of the molecule is COc1ccc(NC(=O)CC[C@@H](C)[C@H]2CC[C@H]3[C@@H]4[C@@H](O)C[C@@H]5C[C@H](O)CC[C@]5(C)[C@H]4CC[C@]23C)cc1Cl. The van der Waals surface area contributed by atoms with Crippen molar-refractivity contribution in [2.75, 3.05) is 12.4 Å². The Kier molecular flexibility index (Phi) is 7.63. The van der Waals surface area contributed by atoms with Crippen molar-refractivity contribution in [1.29, 1.82) is 0 Å². The van der Waals surface area contributed by atoms with E-state index in [0.29, 0.717) is 58.4 Å². The highest BCUT2D eigenvalue weighted by molar-refractivity contribution is 6.32. The van der Waals surface area contributed by atoms with Crippen LogP contribution in [-0.4, -0.2) is 35.4 Å². The molecule has 0 heterocycles. The standard InChI is InChI=1S/C31H46ClNO4/c1-18(5-10-28(36)33-20-6-9-27(37-4)25(32)17-20)22-7-8-23-29-24(12-14-31(22,23)3)30(2)13-11-21(34)15-19(30)16-26(29)35/h6,9,17-19,21-24,26,29,34-35H,5,7-8,10-16H2,1-4H3,(H,33,36)/t18-,19+,21-,22-,23+,24+,26+,29+,30+,31-/m1/s1. The minimum atomic E-state index is -0.242. The van der Waals surface area contributed by atoms with Crippen LogP contribution >= 0.6 is 11.6 Å². The number of benzene rings is 1. The topological polar surface area (TPSA) is 78.8 Å². The summed E-state index contributed by atoms with van der Waals surface area (Å²) in [6.45, 7) is 7.30. The van der Waals surface area contributed by atoms with E-state index in [-0.39, 0.29) is 28.9 Å². The first-order valence-corrected chi connectivity index (χ1v) is 14.9. The molecule has 37 heavy (non-hydrogen) atoms. The number of carbonyl (C=O) groups is 1. The number of hydrogen-bond acceptors (Lipinski definition) is 4. The lowest BCUT2D eigenvalue weighted by molar-refractivity contribution is -0.174. The van der Waals surface area contributed by atoms with E-state index >= 15 is 0 Å². The summed E-state index contributed by atoms with van der Waals surface area (Å²) < 4.78 is 5.20. The molecule has 3 N–H and O–H groups in total. The zero-order valence-corrected chi connectivity index (χ0v) is 23.8. The molecule has 0 bridgehead atoms. The van der Waals surface area contributed by atoms with Crippen LogP contribution in [0.15, 0.2) is 18.2 Å². The molecule has 0 spiro atoms. The monoisotopic (exact) mass is 531 g/mol. The van der Waals surface area contributed by atoms with E-state index in [4.69, 9.17) is 16.3 Å². The van der Waals surface area contributed by atoms with E-state index in [2.05, 4.69) is 26.1 Å². The van der Waals surface area contributed by atoms with Crippen LogP contribution in [-0.2, 0) is 4.79 Å². The Bertz CT molecular complexity index is 1000. The highest BCUT2D eigenvalue weighted by atomic mass is 35.5. The molecule has 206 valence electrons. The van der Waals surface area contributed by atoms with Crippen LogP contribution in [0.3, 0.4) is 0 Å². The summed E-state index contributed by atoms with van der Waals surface area (Å²) in [4.78, 5) is 12.7. The van der Waals surface area contributed by atoms with E-state index in [1.807, 2.05) is 6.07 Å². The molecule has 4 saturated carbocycles. The van der Waals surface area contributed by atoms with Gasteiger partial charge in [-0.25, -0.2) is 0 Å². The number of methoxy groups -OCH3 is 1. The summed E-state index contributed by atoms with van der Waals surface area (Å²) in [6, 6.07) is 5.32. The lowest BCUT2D eigenvalue weighted by Crippen LogP contribution is -2.58. The number of amides is 1. The Morgan fingerprint density at radius 1 is 1.11 bits per heavy atom. The molecular weight excluding hydrogens is 486 g/mol. The third-order valence-electron chi connectivity index (χ3n) is 11.7. The van der Waals surface area contributed by atoms with Gasteiger partial charge in [0.1, 0.15) is 5.75 Å². The van der Waals surface area contributed by atoms with Gasteiger partial charge in [0.2, 0.25) is 5.91 Å². The van der Waals surface area contributed by atoms with Crippen molar-refractivity contribution in [1.82, 2.24) is 0 Å². The number of carbonyl (C=O) groups excluding carboxylic acids is 1. The van der Waals surface area contributed by atoms with E-state index in [1.54, 1.807) is 19.2 Å². The fourth-order valence-corrected chi connectivity index (χ4v) is 9.96. The summed E-state index contributed by atoms with van der Waals surface area (Å²) in [6.07, 6.45) is 9.50. The highest BCUT2D eigenvalue weighted by Crippen LogP contribution is 2.68. The maximum Gasteiger partial charge on any atom is 0.224 e. The molecule has 0 unspecified atom stereocenters. The van der Waals surface area contributed by atoms with Gasteiger partial charge in [0.25, 0.3) is 0 Å². The van der Waals surface area contributed by atoms with Gasteiger partial charge in [0, 0.05) is 12.1 Å². The normalized spacial score (nSPS) is 41.8. The molecule has 1 aromatic rings. The first-order valence-electron chi connectivity index (χ1n) is 14.6. The van der Waals surface area contributed by atoms with Crippen LogP contribution in [0.5, 0.6) is 5.75 Å². The molecule has 0 aliphatic heterocycles. The van der Waals surface area contributed by atoms with Gasteiger partial charge in [-0.3, -0.25) is 4.79 Å². The van der Waals surface area contributed by atoms with Crippen molar-refractivity contribution in [3.63, 3.8) is 0 Å². The first-order chi connectivity index (χ1) is 17.6. The second kappa shape index (κ2) is 10.4. The smallest absolute Gasteiger partial charge is 0.224 e. The average molecular weight is 532 g/mol. The number of ether oxygens (including phenoxy) is 1. The van der Waals surface area contributed by atoms with Gasteiger partial charge >= 0.3 is 0 Å². The molecule has 4 aliphatic rings. The molecule has 1 amide bonds. The number of halogens is 1. The van der Waals surface area contributed by atoms with Gasteiger partial charge in [-0.15, -0.1) is 0 Å². The zero-order valence-electron chi connectivity index (χ0n) is 23.0. The average Bonchev–Trinajstić information content (AvgIpc) is 3.21. The molecule has 0 aromatic heterocycles. The second-order valence-electron chi connectivity index (χ2n) is 13.4. The lowest BCUT2D eigenvalue weighted by atomic mass is 9.43. The van der Waals surface area contributed by atoms with Crippen molar-refractivity contribution < 1.29 is 19.7 Å². The van der Waals surface area contributed by atoms with Crippen molar-refractivity contribution in [3.8, 4) is 5.75 Å². The number of nitrogens with one attached hydrogen (secondary N) is 1. The largest absolute Gasteiger partial charge is 0.495 e. The molecule has 4 aliphatic carbocycles. The minimum absolute atomic E-state index is 0.0256. The minimum Gasteiger partial charge on any atom is -0.495 e. The molecule has 5 rings (SSSR count). The van der Waals surface area contributed by atoms with Crippen molar-refractivity contribution in [2.24, 2.45) is 46.3 Å². The Balaban J connectivity index is 1.22. The zero-order chi connectivity index (χ0) is 26.5. The van der Waals surface area contributed by atoms with Crippen molar-refractivity contribution in [2.45, 2.75) is 97.2 Å². The lowest BCUT2D eigenvalue weighted by Gasteiger charge is -2.62. The maximum absolute atomic E-state index is 12.7. The summed E-state index contributed by atoms with van der Waals surface area (Å²) in [5, 5.41) is 25.2. The number of aliphatic hydroxyl groups is 2. The number of anilines is 1. The Morgan fingerprint density at radius 3 is 2.57 bits per heavy atom. The molecule has 0 radical (unpaired) electrons. The predicted octanol–water partition coefficient (Wildman–Crippen LogP) is 6.69. The Hall–Kier alpha value is -1.30. The van der Waals surface area contributed by atoms with Gasteiger partial charge in [0.15, 0.2) is 0 Å². The number of hydrogen-bond donors (Lipinski definition) is 3. The number of rotatable bonds is 6. The molecule has 1 aromatic carbocycles. The molecule has 10 atom stereocenters. The van der Waals surface area contributed by atoms with Crippen LogP contribution < -0.4 is 10.1 Å². The van der Waals surface area contributed by atoms with Crippen LogP contribution in [0.1, 0.15) is 85.0 Å². The Morgan fingerprint density at radius 2 is 1.84 bits per heavy atom. The van der Waals surface area contributed by atoms with Gasteiger partial charge < -0.3 is 20.3 Å². The first kappa shape index (κ1) is 27.3. The Labute approximate surface area is 227 Å². The fraction of sp³-hybridized carbons (Fsp3) is 0.774. The van der Waals surface area contributed by atoms with E-state index < -0.39 is 0 Å². The van der Waals surface area contributed by atoms with E-state index in [9.17, 15) is 15.0 Å². The summed E-state index contributed by atoms with van der Waals surface area (Å²) in [7, 11) is 1.58. The molecule has 0 saturated heterocycles. The van der Waals surface area contributed by atoms with E-state index in [0.717, 1.165) is 32.1 Å². The number of fused-ring (bicyclic) bond motifs is 5. The second-order valence-corrected chi connectivity index (χ2v) is 13.8. The highest BCUT2D eigenvalue weighted by Gasteiger charge is 2.62. The fourth-order valence-electron chi connectivity index (χ4n) is 9.70. The maximum atomic E-state index is 12.7.